The molecule has 1 rings (SSSR count). The molecule has 0 radical (unpaired) electrons. The van der Waals surface area contributed by atoms with Crippen molar-refractivity contribution in [2.75, 3.05) is 5.32 Å². The summed E-state index contributed by atoms with van der Waals surface area (Å²) in [5, 5.41) is 3.38. The van der Waals surface area contributed by atoms with Gasteiger partial charge in [-0.1, -0.05) is 17.7 Å². The Kier molecular flexibility index (Phi) is 3.17. The molecule has 76 valence electrons. The molecule has 14 heavy (non-hydrogen) atoms. The van der Waals surface area contributed by atoms with Crippen molar-refractivity contribution in [2.24, 2.45) is 0 Å². The molecule has 0 atom stereocenters. The van der Waals surface area contributed by atoms with Gasteiger partial charge in [0, 0.05) is 6.92 Å². The maximum atomic E-state index is 10.9. The maximum absolute atomic E-state index is 10.9. The maximum Gasteiger partial charge on any atom is 0.221 e. The fraction of sp³-hybridized carbons (Fsp3) is 0.364. The van der Waals surface area contributed by atoms with Gasteiger partial charge in [0.05, 0.1) is 10.7 Å². The molecule has 0 unspecified atom stereocenters. The Bertz CT molecular complexity index is 385. The first-order valence-corrected chi connectivity index (χ1v) is 4.85. The lowest BCUT2D eigenvalue weighted by Crippen LogP contribution is -2.08. The third kappa shape index (κ3) is 2.07. The summed E-state index contributed by atoms with van der Waals surface area (Å²) < 4.78 is 0. The second-order valence-corrected chi connectivity index (χ2v) is 3.88. The summed E-state index contributed by atoms with van der Waals surface area (Å²) in [7, 11) is 0. The quantitative estimate of drug-likeness (QED) is 0.759. The van der Waals surface area contributed by atoms with Crippen molar-refractivity contribution in [3.8, 4) is 0 Å². The van der Waals surface area contributed by atoms with E-state index in [1.54, 1.807) is 0 Å². The number of anilines is 1. The highest BCUT2D eigenvalue weighted by Gasteiger charge is 2.10. The lowest BCUT2D eigenvalue weighted by molar-refractivity contribution is -0.114. The van der Waals surface area contributed by atoms with E-state index >= 15 is 0 Å². The van der Waals surface area contributed by atoms with Gasteiger partial charge in [0.1, 0.15) is 0 Å². The van der Waals surface area contributed by atoms with Crippen LogP contribution in [0.3, 0.4) is 0 Å². The Morgan fingerprint density at radius 2 is 1.86 bits per heavy atom. The zero-order valence-electron chi connectivity index (χ0n) is 8.86. The molecule has 0 fully saturated rings. The van der Waals surface area contributed by atoms with Gasteiger partial charge in [-0.15, -0.1) is 0 Å². The lowest BCUT2D eigenvalue weighted by Gasteiger charge is -2.13. The Morgan fingerprint density at radius 1 is 1.29 bits per heavy atom. The monoisotopic (exact) mass is 211 g/mol. The van der Waals surface area contributed by atoms with E-state index in [1.165, 1.54) is 6.92 Å². The third-order valence-corrected chi connectivity index (χ3v) is 2.74. The fourth-order valence-corrected chi connectivity index (χ4v) is 1.71. The number of hydrogen-bond acceptors (Lipinski definition) is 1. The molecule has 0 bridgehead atoms. The summed E-state index contributed by atoms with van der Waals surface area (Å²) in [5.41, 5.74) is 3.87. The highest BCUT2D eigenvalue weighted by atomic mass is 35.5. The largest absolute Gasteiger partial charge is 0.325 e. The van der Waals surface area contributed by atoms with Gasteiger partial charge < -0.3 is 5.32 Å². The van der Waals surface area contributed by atoms with Crippen LogP contribution in [-0.2, 0) is 4.79 Å². The van der Waals surface area contributed by atoms with Crippen LogP contribution < -0.4 is 5.32 Å². The molecule has 0 heterocycles. The average Bonchev–Trinajstić information content (AvgIpc) is 2.09. The third-order valence-electron chi connectivity index (χ3n) is 2.27. The molecule has 0 aliphatic rings. The Hall–Kier alpha value is -1.02. The van der Waals surface area contributed by atoms with E-state index in [4.69, 9.17) is 11.6 Å². The van der Waals surface area contributed by atoms with Crippen LogP contribution in [0.4, 0.5) is 5.69 Å². The average molecular weight is 212 g/mol. The summed E-state index contributed by atoms with van der Waals surface area (Å²) >= 11 is 6.13. The van der Waals surface area contributed by atoms with Crippen LogP contribution in [-0.4, -0.2) is 5.91 Å². The van der Waals surface area contributed by atoms with Crippen LogP contribution in [0.15, 0.2) is 6.07 Å². The van der Waals surface area contributed by atoms with E-state index in [0.29, 0.717) is 5.02 Å². The Labute approximate surface area is 89.3 Å². The normalized spacial score (nSPS) is 10.1. The van der Waals surface area contributed by atoms with Crippen molar-refractivity contribution in [3.63, 3.8) is 0 Å². The minimum absolute atomic E-state index is 0.0988. The van der Waals surface area contributed by atoms with Gasteiger partial charge in [-0.2, -0.15) is 0 Å². The van der Waals surface area contributed by atoms with Gasteiger partial charge in [0.15, 0.2) is 0 Å². The fourth-order valence-electron chi connectivity index (χ4n) is 1.37. The van der Waals surface area contributed by atoms with Crippen LogP contribution in [0.1, 0.15) is 23.6 Å². The molecular weight excluding hydrogens is 198 g/mol. The first-order valence-electron chi connectivity index (χ1n) is 4.47. The molecule has 0 aromatic heterocycles. The molecule has 1 aromatic carbocycles. The smallest absolute Gasteiger partial charge is 0.221 e. The standard InChI is InChI=1S/C11H14ClNO/c1-6-5-7(2)11(13-9(4)14)10(12)8(6)3/h5H,1-4H3,(H,13,14). The molecule has 0 aliphatic carbocycles. The van der Waals surface area contributed by atoms with Crippen LogP contribution >= 0.6 is 11.6 Å². The van der Waals surface area contributed by atoms with E-state index in [0.717, 1.165) is 22.4 Å². The van der Waals surface area contributed by atoms with Gasteiger partial charge in [-0.25, -0.2) is 0 Å². The molecule has 1 N–H and O–H groups in total. The van der Waals surface area contributed by atoms with Crippen LogP contribution in [0.2, 0.25) is 5.02 Å². The van der Waals surface area contributed by atoms with Crippen LogP contribution in [0.5, 0.6) is 0 Å². The SMILES string of the molecule is CC(=O)Nc1c(C)cc(C)c(C)c1Cl. The molecular formula is C11H14ClNO. The number of aryl methyl sites for hydroxylation is 2. The second-order valence-electron chi connectivity index (χ2n) is 3.51. The van der Waals surface area contributed by atoms with Gasteiger partial charge in [-0.05, 0) is 37.5 Å². The number of carbonyl (C=O) groups is 1. The highest BCUT2D eigenvalue weighted by molar-refractivity contribution is 6.34. The van der Waals surface area contributed by atoms with Gasteiger partial charge in [-0.3, -0.25) is 4.79 Å². The molecule has 2 nitrogen and oxygen atoms in total. The van der Waals surface area contributed by atoms with Crippen molar-refractivity contribution in [1.29, 1.82) is 0 Å². The number of rotatable bonds is 1. The number of nitrogens with one attached hydrogen (secondary N) is 1. The van der Waals surface area contributed by atoms with E-state index in [1.807, 2.05) is 26.8 Å². The number of benzene rings is 1. The van der Waals surface area contributed by atoms with Crippen molar-refractivity contribution < 1.29 is 4.79 Å². The summed E-state index contributed by atoms with van der Waals surface area (Å²) in [5.74, 6) is -0.0988. The molecule has 1 amide bonds. The van der Waals surface area contributed by atoms with Crippen molar-refractivity contribution in [3.05, 3.63) is 27.8 Å². The Balaban J connectivity index is 3.29. The van der Waals surface area contributed by atoms with E-state index in [2.05, 4.69) is 5.32 Å². The predicted molar refractivity (Wildman–Crippen MR) is 60.0 cm³/mol. The summed E-state index contributed by atoms with van der Waals surface area (Å²) in [6.07, 6.45) is 0. The first-order chi connectivity index (χ1) is 6.43. The zero-order chi connectivity index (χ0) is 10.9. The topological polar surface area (TPSA) is 29.1 Å². The predicted octanol–water partition coefficient (Wildman–Crippen LogP) is 3.22. The van der Waals surface area contributed by atoms with Crippen LogP contribution in [0, 0.1) is 20.8 Å². The van der Waals surface area contributed by atoms with Crippen LogP contribution in [0.25, 0.3) is 0 Å². The molecule has 0 saturated heterocycles. The summed E-state index contributed by atoms with van der Waals surface area (Å²) in [4.78, 5) is 10.9. The van der Waals surface area contributed by atoms with E-state index in [-0.39, 0.29) is 5.91 Å². The number of amides is 1. The highest BCUT2D eigenvalue weighted by Crippen LogP contribution is 2.31. The minimum atomic E-state index is -0.0988. The second kappa shape index (κ2) is 4.01. The Morgan fingerprint density at radius 3 is 2.36 bits per heavy atom. The number of halogens is 1. The van der Waals surface area contributed by atoms with Crippen molar-refractivity contribution >= 4 is 23.2 Å². The van der Waals surface area contributed by atoms with Gasteiger partial charge in [0.25, 0.3) is 0 Å². The van der Waals surface area contributed by atoms with Gasteiger partial charge >= 0.3 is 0 Å². The lowest BCUT2D eigenvalue weighted by atomic mass is 10.0. The van der Waals surface area contributed by atoms with E-state index < -0.39 is 0 Å². The molecule has 1 aromatic rings. The number of carbonyl (C=O) groups excluding carboxylic acids is 1. The summed E-state index contributed by atoms with van der Waals surface area (Å²) in [6, 6.07) is 2.02. The number of hydrogen-bond donors (Lipinski definition) is 1. The van der Waals surface area contributed by atoms with Gasteiger partial charge in [0.2, 0.25) is 5.91 Å². The summed E-state index contributed by atoms with van der Waals surface area (Å²) in [6.45, 7) is 7.36. The molecule has 0 saturated carbocycles. The van der Waals surface area contributed by atoms with Crippen molar-refractivity contribution in [1.82, 2.24) is 0 Å². The molecule has 0 aliphatic heterocycles. The molecule has 3 heteroatoms. The van der Waals surface area contributed by atoms with Crippen molar-refractivity contribution in [2.45, 2.75) is 27.7 Å². The molecule has 0 spiro atoms. The first kappa shape index (κ1) is 11.1. The minimum Gasteiger partial charge on any atom is -0.325 e. The van der Waals surface area contributed by atoms with E-state index in [9.17, 15) is 4.79 Å². The zero-order valence-corrected chi connectivity index (χ0v) is 9.62.